The second kappa shape index (κ2) is 6.34. The topological polar surface area (TPSA) is 36.4 Å². The molecule has 1 fully saturated rings. The van der Waals surface area contributed by atoms with Crippen molar-refractivity contribution >= 4 is 27.3 Å². The van der Waals surface area contributed by atoms with Crippen molar-refractivity contribution in [1.29, 1.82) is 0 Å². The number of carbonyl (C=O) groups is 1. The number of rotatable bonds is 2. The first-order chi connectivity index (χ1) is 11.7. The minimum atomic E-state index is 0.0820. The van der Waals surface area contributed by atoms with Crippen LogP contribution < -0.4 is 0 Å². The first-order valence-corrected chi connectivity index (χ1v) is 8.94. The van der Waals surface area contributed by atoms with Gasteiger partial charge >= 0.3 is 0 Å². The highest BCUT2D eigenvalue weighted by Crippen LogP contribution is 2.33. The summed E-state index contributed by atoms with van der Waals surface area (Å²) in [5.41, 5.74) is 1.69. The molecule has 0 N–H and O–H groups in total. The van der Waals surface area contributed by atoms with Crippen LogP contribution in [0.25, 0.3) is 20.5 Å². The number of hydrogen-bond donors (Lipinski definition) is 0. The number of amides is 1. The van der Waals surface area contributed by atoms with E-state index in [0.717, 1.165) is 36.6 Å². The SMILES string of the molecule is CN1CCN(C(=O)c2cncc(-c3cc4ccccc4s3)c2)CC1. The highest BCUT2D eigenvalue weighted by molar-refractivity contribution is 7.22. The quantitative estimate of drug-likeness (QED) is 0.719. The molecule has 1 amide bonds. The summed E-state index contributed by atoms with van der Waals surface area (Å²) < 4.78 is 1.25. The molecule has 0 saturated carbocycles. The number of likely N-dealkylation sites (N-methyl/N-ethyl adjacent to an activating group) is 1. The Balaban J connectivity index is 1.62. The van der Waals surface area contributed by atoms with Gasteiger partial charge in [-0.3, -0.25) is 9.78 Å². The van der Waals surface area contributed by atoms with Gasteiger partial charge in [0.05, 0.1) is 5.56 Å². The lowest BCUT2D eigenvalue weighted by atomic mass is 10.1. The summed E-state index contributed by atoms with van der Waals surface area (Å²) in [6.45, 7) is 3.41. The number of pyridine rings is 1. The molecule has 1 aliphatic heterocycles. The number of aromatic nitrogens is 1. The number of carbonyl (C=O) groups excluding carboxylic acids is 1. The minimum Gasteiger partial charge on any atom is -0.336 e. The summed E-state index contributed by atoms with van der Waals surface area (Å²) in [4.78, 5) is 22.4. The Morgan fingerprint density at radius 1 is 1.08 bits per heavy atom. The molecule has 1 aliphatic rings. The molecule has 0 spiro atoms. The molecular formula is C19H19N3OS. The molecule has 3 heterocycles. The molecule has 1 saturated heterocycles. The van der Waals surface area contributed by atoms with Gasteiger partial charge in [0, 0.05) is 53.7 Å². The van der Waals surface area contributed by atoms with Gasteiger partial charge in [-0.25, -0.2) is 0 Å². The maximum Gasteiger partial charge on any atom is 0.255 e. The standard InChI is InChI=1S/C19H19N3OS/c1-21-6-8-22(9-7-21)19(23)16-10-15(12-20-13-16)18-11-14-4-2-3-5-17(14)24-18/h2-5,10-13H,6-9H2,1H3. The molecule has 3 aromatic rings. The molecule has 0 radical (unpaired) electrons. The monoisotopic (exact) mass is 337 g/mol. The van der Waals surface area contributed by atoms with Crippen molar-refractivity contribution in [1.82, 2.24) is 14.8 Å². The van der Waals surface area contributed by atoms with Gasteiger partial charge < -0.3 is 9.80 Å². The zero-order chi connectivity index (χ0) is 16.5. The van der Waals surface area contributed by atoms with Crippen LogP contribution >= 0.6 is 11.3 Å². The average molecular weight is 337 g/mol. The zero-order valence-electron chi connectivity index (χ0n) is 13.6. The molecule has 0 unspecified atom stereocenters. The predicted octanol–water partition coefficient (Wildman–Crippen LogP) is 3.35. The van der Waals surface area contributed by atoms with E-state index in [4.69, 9.17) is 0 Å². The zero-order valence-corrected chi connectivity index (χ0v) is 14.4. The van der Waals surface area contributed by atoms with E-state index in [2.05, 4.69) is 35.1 Å². The second-order valence-electron chi connectivity index (χ2n) is 6.21. The molecule has 24 heavy (non-hydrogen) atoms. The number of fused-ring (bicyclic) bond motifs is 1. The Hall–Kier alpha value is -2.24. The van der Waals surface area contributed by atoms with Gasteiger partial charge in [0.15, 0.2) is 0 Å². The third kappa shape index (κ3) is 2.92. The molecule has 122 valence electrons. The van der Waals surface area contributed by atoms with E-state index in [-0.39, 0.29) is 5.91 Å². The van der Waals surface area contributed by atoms with Crippen molar-refractivity contribution in [2.45, 2.75) is 0 Å². The Kier molecular flexibility index (Phi) is 4.04. The normalized spacial score (nSPS) is 15.8. The van der Waals surface area contributed by atoms with Crippen molar-refractivity contribution in [3.8, 4) is 10.4 Å². The van der Waals surface area contributed by atoms with E-state index in [9.17, 15) is 4.79 Å². The van der Waals surface area contributed by atoms with Crippen LogP contribution in [0.2, 0.25) is 0 Å². The number of piperazine rings is 1. The van der Waals surface area contributed by atoms with Crippen molar-refractivity contribution in [3.05, 3.63) is 54.4 Å². The fraction of sp³-hybridized carbons (Fsp3) is 0.263. The molecule has 0 atom stereocenters. The van der Waals surface area contributed by atoms with Crippen LogP contribution in [0, 0.1) is 0 Å². The average Bonchev–Trinajstić information content (AvgIpc) is 3.06. The lowest BCUT2D eigenvalue weighted by molar-refractivity contribution is 0.0663. The summed E-state index contributed by atoms with van der Waals surface area (Å²) in [5.74, 6) is 0.0820. The van der Waals surface area contributed by atoms with E-state index in [1.807, 2.05) is 29.3 Å². The minimum absolute atomic E-state index is 0.0820. The third-order valence-corrected chi connectivity index (χ3v) is 5.65. The smallest absolute Gasteiger partial charge is 0.255 e. The van der Waals surface area contributed by atoms with Gasteiger partial charge in [-0.2, -0.15) is 0 Å². The van der Waals surface area contributed by atoms with Crippen LogP contribution in [0.1, 0.15) is 10.4 Å². The fourth-order valence-electron chi connectivity index (χ4n) is 3.01. The second-order valence-corrected chi connectivity index (χ2v) is 7.29. The van der Waals surface area contributed by atoms with Crippen molar-refractivity contribution in [3.63, 3.8) is 0 Å². The fourth-order valence-corrected chi connectivity index (χ4v) is 4.05. The molecule has 0 aliphatic carbocycles. The van der Waals surface area contributed by atoms with Crippen molar-refractivity contribution < 1.29 is 4.79 Å². The van der Waals surface area contributed by atoms with E-state index in [0.29, 0.717) is 5.56 Å². The van der Waals surface area contributed by atoms with Crippen LogP contribution in [0.15, 0.2) is 48.8 Å². The third-order valence-electron chi connectivity index (χ3n) is 4.49. The van der Waals surface area contributed by atoms with Gasteiger partial charge in [-0.15, -0.1) is 11.3 Å². The van der Waals surface area contributed by atoms with Gasteiger partial charge in [0.2, 0.25) is 0 Å². The molecule has 1 aromatic carbocycles. The van der Waals surface area contributed by atoms with Crippen LogP contribution in [-0.4, -0.2) is 53.9 Å². The van der Waals surface area contributed by atoms with Crippen molar-refractivity contribution in [2.75, 3.05) is 33.2 Å². The molecule has 4 rings (SSSR count). The molecule has 5 heteroatoms. The maximum atomic E-state index is 12.7. The van der Waals surface area contributed by atoms with Gasteiger partial charge in [-0.05, 0) is 30.6 Å². The maximum absolute atomic E-state index is 12.7. The number of nitrogens with zero attached hydrogens (tertiary/aromatic N) is 3. The summed E-state index contributed by atoms with van der Waals surface area (Å²) >= 11 is 1.74. The van der Waals surface area contributed by atoms with E-state index >= 15 is 0 Å². The Labute approximate surface area is 145 Å². The van der Waals surface area contributed by atoms with Crippen molar-refractivity contribution in [2.24, 2.45) is 0 Å². The molecular weight excluding hydrogens is 318 g/mol. The Morgan fingerprint density at radius 2 is 1.88 bits per heavy atom. The highest BCUT2D eigenvalue weighted by Gasteiger charge is 2.21. The lowest BCUT2D eigenvalue weighted by Crippen LogP contribution is -2.47. The number of thiophene rings is 1. The molecule has 2 aromatic heterocycles. The molecule has 0 bridgehead atoms. The first kappa shape index (κ1) is 15.3. The summed E-state index contributed by atoms with van der Waals surface area (Å²) in [7, 11) is 2.09. The Morgan fingerprint density at radius 3 is 2.67 bits per heavy atom. The Bertz CT molecular complexity index is 848. The van der Waals surface area contributed by atoms with Gasteiger partial charge in [0.25, 0.3) is 5.91 Å². The first-order valence-electron chi connectivity index (χ1n) is 8.12. The van der Waals surface area contributed by atoms with E-state index in [1.165, 1.54) is 10.1 Å². The number of hydrogen-bond acceptors (Lipinski definition) is 4. The summed E-state index contributed by atoms with van der Waals surface area (Å²) in [5, 5.41) is 1.23. The van der Waals surface area contributed by atoms with Crippen LogP contribution in [-0.2, 0) is 0 Å². The molecule has 4 nitrogen and oxygen atoms in total. The van der Waals surface area contributed by atoms with Gasteiger partial charge in [-0.1, -0.05) is 18.2 Å². The predicted molar refractivity (Wildman–Crippen MR) is 98.5 cm³/mol. The van der Waals surface area contributed by atoms with E-state index in [1.54, 1.807) is 17.5 Å². The van der Waals surface area contributed by atoms with E-state index < -0.39 is 0 Å². The summed E-state index contributed by atoms with van der Waals surface area (Å²) in [6, 6.07) is 12.5. The highest BCUT2D eigenvalue weighted by atomic mass is 32.1. The van der Waals surface area contributed by atoms with Crippen LogP contribution in [0.3, 0.4) is 0 Å². The van der Waals surface area contributed by atoms with Crippen LogP contribution in [0.5, 0.6) is 0 Å². The van der Waals surface area contributed by atoms with Crippen LogP contribution in [0.4, 0.5) is 0 Å². The summed E-state index contributed by atoms with van der Waals surface area (Å²) in [6.07, 6.45) is 3.52. The number of benzene rings is 1. The lowest BCUT2D eigenvalue weighted by Gasteiger charge is -2.32. The largest absolute Gasteiger partial charge is 0.336 e. The van der Waals surface area contributed by atoms with Gasteiger partial charge in [0.1, 0.15) is 0 Å².